The van der Waals surface area contributed by atoms with Gasteiger partial charge in [0.05, 0.1) is 13.0 Å². The van der Waals surface area contributed by atoms with E-state index in [9.17, 15) is 4.79 Å². The molecule has 0 saturated carbocycles. The number of carbonyl (C=O) groups is 1. The van der Waals surface area contributed by atoms with Gasteiger partial charge in [0.1, 0.15) is 0 Å². The van der Waals surface area contributed by atoms with Gasteiger partial charge in [-0.1, -0.05) is 20.8 Å². The van der Waals surface area contributed by atoms with Gasteiger partial charge in [0.25, 0.3) is 0 Å². The summed E-state index contributed by atoms with van der Waals surface area (Å²) in [6.07, 6.45) is 2.69. The first-order valence-electron chi connectivity index (χ1n) is 6.95. The summed E-state index contributed by atoms with van der Waals surface area (Å²) < 4.78 is 5.18. The summed E-state index contributed by atoms with van der Waals surface area (Å²) in [4.78, 5) is 13.9. The van der Waals surface area contributed by atoms with Gasteiger partial charge in [-0.3, -0.25) is 4.79 Å². The predicted molar refractivity (Wildman–Crippen MR) is 73.4 cm³/mol. The van der Waals surface area contributed by atoms with Gasteiger partial charge < -0.3 is 15.4 Å². The first kappa shape index (κ1) is 19.1. The molecule has 1 N–H and O–H groups in total. The molecule has 0 atom stereocenters. The van der Waals surface area contributed by atoms with Crippen LogP contribution < -0.4 is 0 Å². The Balaban J connectivity index is 0.00000324. The Kier molecular flexibility index (Phi) is 9.13. The van der Waals surface area contributed by atoms with Crippen molar-refractivity contribution in [2.24, 2.45) is 11.3 Å². The van der Waals surface area contributed by atoms with Crippen LogP contribution in [0.4, 0.5) is 0 Å². The molecule has 19 heavy (non-hydrogen) atoms. The van der Waals surface area contributed by atoms with Crippen molar-refractivity contribution in [1.29, 1.82) is 0 Å². The molecule has 1 rings (SSSR count). The number of amides is 1. The van der Waals surface area contributed by atoms with Crippen LogP contribution in [0, 0.1) is 11.3 Å². The monoisotopic (exact) mass is 439 g/mol. The Bertz CT molecular complexity index is 259. The van der Waals surface area contributed by atoms with E-state index < -0.39 is 0 Å². The van der Waals surface area contributed by atoms with Gasteiger partial charge >= 0.3 is 0 Å². The van der Waals surface area contributed by atoms with Crippen LogP contribution in [0.3, 0.4) is 0 Å². The van der Waals surface area contributed by atoms with Crippen LogP contribution in [0.1, 0.15) is 40.0 Å². The van der Waals surface area contributed by atoms with Crippen molar-refractivity contribution >= 4 is 5.91 Å². The van der Waals surface area contributed by atoms with Crippen LogP contribution >= 0.6 is 0 Å². The van der Waals surface area contributed by atoms with Crippen molar-refractivity contribution in [3.05, 3.63) is 5.73 Å². The minimum Gasteiger partial charge on any atom is -0.676 e. The maximum absolute atomic E-state index is 11.9. The molecule has 1 amide bonds. The molecular weight excluding hydrogens is 412 g/mol. The van der Waals surface area contributed by atoms with E-state index in [-0.39, 0.29) is 33.5 Å². The number of piperidine rings is 1. The van der Waals surface area contributed by atoms with Crippen LogP contribution in [0.5, 0.6) is 0 Å². The zero-order chi connectivity index (χ0) is 13.6. The molecule has 112 valence electrons. The Morgan fingerprint density at radius 3 is 2.32 bits per heavy atom. The fourth-order valence-electron chi connectivity index (χ4n) is 2.49. The molecular formula is C14H27N2O2W-. The third-order valence-electron chi connectivity index (χ3n) is 3.78. The number of likely N-dealkylation sites (tertiary alicyclic amines) is 1. The van der Waals surface area contributed by atoms with Crippen molar-refractivity contribution < 1.29 is 30.6 Å². The summed E-state index contributed by atoms with van der Waals surface area (Å²) in [6.45, 7) is 9.78. The molecule has 0 aromatic rings. The summed E-state index contributed by atoms with van der Waals surface area (Å²) >= 11 is 0. The maximum atomic E-state index is 11.9. The van der Waals surface area contributed by atoms with Crippen molar-refractivity contribution in [3.63, 3.8) is 0 Å². The molecule has 0 aromatic carbocycles. The van der Waals surface area contributed by atoms with E-state index in [2.05, 4.69) is 20.8 Å². The van der Waals surface area contributed by atoms with Crippen molar-refractivity contribution in [1.82, 2.24) is 4.90 Å². The van der Waals surface area contributed by atoms with Crippen LogP contribution in [-0.2, 0) is 30.6 Å². The maximum Gasteiger partial charge on any atom is 0.224 e. The minimum absolute atomic E-state index is 0. The Morgan fingerprint density at radius 2 is 1.84 bits per heavy atom. The third-order valence-corrected chi connectivity index (χ3v) is 3.78. The molecule has 0 unspecified atom stereocenters. The first-order valence-corrected chi connectivity index (χ1v) is 6.95. The topological polar surface area (TPSA) is 53.3 Å². The fourth-order valence-corrected chi connectivity index (χ4v) is 2.49. The van der Waals surface area contributed by atoms with Gasteiger partial charge in [0.15, 0.2) is 0 Å². The zero-order valence-electron chi connectivity index (χ0n) is 12.4. The standard InChI is InChI=1S/C14H27N2O2.W/c1-14(2,3)12-4-8-16(9-5-12)13(17)6-10-18-11-7-15;/h12,15H,4-11H2,1-3H3;/q-1;. The molecule has 1 heterocycles. The molecule has 0 aromatic heterocycles. The average Bonchev–Trinajstić information content (AvgIpc) is 2.33. The number of nitrogens with zero attached hydrogens (tertiary/aromatic N) is 1. The second kappa shape index (κ2) is 9.09. The second-order valence-corrected chi connectivity index (χ2v) is 6.13. The number of hydrogen-bond acceptors (Lipinski definition) is 2. The van der Waals surface area contributed by atoms with Crippen molar-refractivity contribution in [2.75, 3.05) is 32.8 Å². The molecule has 0 bridgehead atoms. The second-order valence-electron chi connectivity index (χ2n) is 6.13. The Morgan fingerprint density at radius 1 is 1.26 bits per heavy atom. The number of nitrogens with one attached hydrogen (secondary N) is 1. The SMILES string of the molecule is CC(C)(C)C1CCN(C(=O)CCOCC[NH-])CC1.[W]. The van der Waals surface area contributed by atoms with Crippen LogP contribution in [0.25, 0.3) is 5.73 Å². The smallest absolute Gasteiger partial charge is 0.224 e. The van der Waals surface area contributed by atoms with Crippen molar-refractivity contribution in [3.8, 4) is 0 Å². The zero-order valence-corrected chi connectivity index (χ0v) is 15.3. The number of carbonyl (C=O) groups excluding carboxylic acids is 1. The number of ether oxygens (including phenoxy) is 1. The largest absolute Gasteiger partial charge is 0.676 e. The number of hydrogen-bond donors (Lipinski definition) is 0. The fraction of sp³-hybridized carbons (Fsp3) is 0.929. The van der Waals surface area contributed by atoms with Gasteiger partial charge in [0, 0.05) is 40.8 Å². The molecule has 4 nitrogen and oxygen atoms in total. The Hall–Kier alpha value is 0.0783. The third kappa shape index (κ3) is 6.87. The van der Waals surface area contributed by atoms with Gasteiger partial charge in [-0.25, -0.2) is 0 Å². The summed E-state index contributed by atoms with van der Waals surface area (Å²) in [7, 11) is 0. The summed E-state index contributed by atoms with van der Waals surface area (Å²) in [5.74, 6) is 0.924. The minimum atomic E-state index is 0. The first-order chi connectivity index (χ1) is 8.45. The van der Waals surface area contributed by atoms with Crippen LogP contribution in [0.15, 0.2) is 0 Å². The Labute approximate surface area is 131 Å². The quantitative estimate of drug-likeness (QED) is 0.619. The van der Waals surface area contributed by atoms with E-state index in [1.54, 1.807) is 0 Å². The van der Waals surface area contributed by atoms with Crippen LogP contribution in [-0.4, -0.2) is 43.7 Å². The van der Waals surface area contributed by atoms with Gasteiger partial charge in [-0.2, -0.15) is 0 Å². The molecule has 0 aliphatic carbocycles. The summed E-state index contributed by atoms with van der Waals surface area (Å²) in [5.41, 5.74) is 7.30. The summed E-state index contributed by atoms with van der Waals surface area (Å²) in [5, 5.41) is 0. The van der Waals surface area contributed by atoms with Gasteiger partial charge in [-0.15, -0.1) is 6.54 Å². The van der Waals surface area contributed by atoms with E-state index >= 15 is 0 Å². The van der Waals surface area contributed by atoms with E-state index in [4.69, 9.17) is 10.5 Å². The molecule has 1 fully saturated rings. The molecule has 1 aliphatic heterocycles. The van der Waals surface area contributed by atoms with Crippen LogP contribution in [0.2, 0.25) is 0 Å². The molecule has 1 aliphatic rings. The van der Waals surface area contributed by atoms with E-state index in [1.807, 2.05) is 4.90 Å². The summed E-state index contributed by atoms with van der Waals surface area (Å²) in [6, 6.07) is 0. The van der Waals surface area contributed by atoms with E-state index in [0.717, 1.165) is 31.8 Å². The predicted octanol–water partition coefficient (Wildman–Crippen LogP) is 2.73. The van der Waals surface area contributed by atoms with E-state index in [1.165, 1.54) is 0 Å². The number of rotatable bonds is 5. The van der Waals surface area contributed by atoms with Crippen molar-refractivity contribution in [2.45, 2.75) is 40.0 Å². The molecule has 5 heteroatoms. The molecule has 1 saturated heterocycles. The normalized spacial score (nSPS) is 17.2. The van der Waals surface area contributed by atoms with Gasteiger partial charge in [0.2, 0.25) is 5.91 Å². The van der Waals surface area contributed by atoms with E-state index in [0.29, 0.717) is 25.0 Å². The average molecular weight is 439 g/mol. The molecule has 0 spiro atoms. The van der Waals surface area contributed by atoms with Gasteiger partial charge in [-0.05, 0) is 24.2 Å². The molecule has 0 radical (unpaired) electrons.